The molecule has 0 saturated heterocycles. The Morgan fingerprint density at radius 2 is 2.06 bits per heavy atom. The molecule has 2 rings (SSSR count). The van der Waals surface area contributed by atoms with Crippen molar-refractivity contribution in [3.63, 3.8) is 0 Å². The summed E-state index contributed by atoms with van der Waals surface area (Å²) in [5, 5.41) is 3.47. The number of nitrogens with one attached hydrogen (secondary N) is 1. The molecule has 0 aliphatic carbocycles. The van der Waals surface area contributed by atoms with Gasteiger partial charge in [-0.1, -0.05) is 12.1 Å². The van der Waals surface area contributed by atoms with Gasteiger partial charge in [-0.15, -0.1) is 0 Å². The normalized spacial score (nSPS) is 12.2. The number of benzene rings is 1. The number of hydrogen-bond donors (Lipinski definition) is 1. The van der Waals surface area contributed by atoms with E-state index in [4.69, 9.17) is 4.74 Å². The van der Waals surface area contributed by atoms with Crippen LogP contribution < -0.4 is 5.32 Å². The van der Waals surface area contributed by atoms with Crippen LogP contribution in [0.15, 0.2) is 24.3 Å². The molecule has 0 aliphatic heterocycles. The van der Waals surface area contributed by atoms with Gasteiger partial charge in [0, 0.05) is 19.7 Å². The molecule has 0 bridgehead atoms. The summed E-state index contributed by atoms with van der Waals surface area (Å²) in [6, 6.07) is 8.18. The number of para-hydroxylation sites is 2. The van der Waals surface area contributed by atoms with Crippen LogP contribution in [-0.2, 0) is 18.3 Å². The number of aromatic nitrogens is 2. The third-order valence-corrected chi connectivity index (χ3v) is 3.11. The van der Waals surface area contributed by atoms with Crippen molar-refractivity contribution in [3.05, 3.63) is 30.1 Å². The number of hydrogen-bond acceptors (Lipinski definition) is 3. The second-order valence-corrected chi connectivity index (χ2v) is 5.25. The largest absolute Gasteiger partial charge is 0.383 e. The first kappa shape index (κ1) is 13.1. The molecule has 0 amide bonds. The van der Waals surface area contributed by atoms with E-state index in [1.54, 1.807) is 7.11 Å². The molecule has 0 unspecified atom stereocenters. The minimum absolute atomic E-state index is 0.0487. The number of ether oxygens (including phenoxy) is 1. The van der Waals surface area contributed by atoms with Crippen LogP contribution in [0.2, 0.25) is 0 Å². The monoisotopic (exact) mass is 247 g/mol. The van der Waals surface area contributed by atoms with E-state index >= 15 is 0 Å². The summed E-state index contributed by atoms with van der Waals surface area (Å²) in [5.74, 6) is 1.04. The lowest BCUT2D eigenvalue weighted by atomic mass is 10.1. The molecule has 0 fully saturated rings. The average molecular weight is 247 g/mol. The molecule has 1 aromatic heterocycles. The third-order valence-electron chi connectivity index (χ3n) is 3.11. The predicted molar refractivity (Wildman–Crippen MR) is 73.5 cm³/mol. The fraction of sp³-hybridized carbons (Fsp3) is 0.500. The molecule has 1 N–H and O–H groups in total. The smallest absolute Gasteiger partial charge is 0.123 e. The van der Waals surface area contributed by atoms with E-state index in [-0.39, 0.29) is 5.54 Å². The maximum atomic E-state index is 5.19. The van der Waals surface area contributed by atoms with E-state index in [2.05, 4.69) is 41.8 Å². The molecule has 1 aromatic carbocycles. The molecule has 2 aromatic rings. The number of rotatable bonds is 5. The molecule has 0 spiro atoms. The Kier molecular flexibility index (Phi) is 3.68. The summed E-state index contributed by atoms with van der Waals surface area (Å²) < 4.78 is 7.32. The minimum atomic E-state index is -0.0487. The van der Waals surface area contributed by atoms with E-state index in [0.717, 1.165) is 17.9 Å². The van der Waals surface area contributed by atoms with Crippen LogP contribution >= 0.6 is 0 Å². The van der Waals surface area contributed by atoms with Crippen LogP contribution in [0.4, 0.5) is 0 Å². The van der Waals surface area contributed by atoms with Gasteiger partial charge >= 0.3 is 0 Å². The zero-order valence-electron chi connectivity index (χ0n) is 11.5. The lowest BCUT2D eigenvalue weighted by Gasteiger charge is -2.25. The van der Waals surface area contributed by atoms with Crippen molar-refractivity contribution in [2.45, 2.75) is 25.9 Å². The molecule has 1 heterocycles. The summed E-state index contributed by atoms with van der Waals surface area (Å²) in [6.07, 6.45) is 0. The van der Waals surface area contributed by atoms with Gasteiger partial charge in [0.15, 0.2) is 0 Å². The molecule has 4 heteroatoms. The summed E-state index contributed by atoms with van der Waals surface area (Å²) >= 11 is 0. The minimum Gasteiger partial charge on any atom is -0.383 e. The highest BCUT2D eigenvalue weighted by atomic mass is 16.5. The fourth-order valence-electron chi connectivity index (χ4n) is 2.08. The number of imidazole rings is 1. The first-order valence-electron chi connectivity index (χ1n) is 6.18. The molecule has 4 nitrogen and oxygen atoms in total. The van der Waals surface area contributed by atoms with E-state index in [0.29, 0.717) is 6.61 Å². The SMILES string of the molecule is COCC(C)(C)NCc1nc2ccccc2n1C. The van der Waals surface area contributed by atoms with Gasteiger partial charge in [0.05, 0.1) is 24.2 Å². The fourth-order valence-corrected chi connectivity index (χ4v) is 2.08. The maximum absolute atomic E-state index is 5.19. The van der Waals surface area contributed by atoms with Crippen molar-refractivity contribution in [2.24, 2.45) is 7.05 Å². The number of aryl methyl sites for hydroxylation is 1. The number of methoxy groups -OCH3 is 1. The molecular formula is C14H21N3O. The molecule has 0 aliphatic rings. The molecule has 0 radical (unpaired) electrons. The summed E-state index contributed by atoms with van der Waals surface area (Å²) in [4.78, 5) is 4.64. The van der Waals surface area contributed by atoms with Crippen molar-refractivity contribution in [2.75, 3.05) is 13.7 Å². The van der Waals surface area contributed by atoms with Crippen molar-refractivity contribution in [1.82, 2.24) is 14.9 Å². The topological polar surface area (TPSA) is 39.1 Å². The molecular weight excluding hydrogens is 226 g/mol. The highest BCUT2D eigenvalue weighted by molar-refractivity contribution is 5.75. The summed E-state index contributed by atoms with van der Waals surface area (Å²) in [6.45, 7) is 5.66. The van der Waals surface area contributed by atoms with Crippen LogP contribution in [0.25, 0.3) is 11.0 Å². The van der Waals surface area contributed by atoms with Crippen LogP contribution in [0.3, 0.4) is 0 Å². The van der Waals surface area contributed by atoms with Gasteiger partial charge in [-0.25, -0.2) is 4.98 Å². The lowest BCUT2D eigenvalue weighted by Crippen LogP contribution is -2.43. The van der Waals surface area contributed by atoms with Gasteiger partial charge < -0.3 is 14.6 Å². The predicted octanol–water partition coefficient (Wildman–Crippen LogP) is 2.09. The molecule has 0 saturated carbocycles. The third kappa shape index (κ3) is 2.71. The van der Waals surface area contributed by atoms with Crippen molar-refractivity contribution >= 4 is 11.0 Å². The Balaban J connectivity index is 2.15. The van der Waals surface area contributed by atoms with E-state index in [1.807, 2.05) is 18.2 Å². The second kappa shape index (κ2) is 5.08. The van der Waals surface area contributed by atoms with Crippen LogP contribution in [0.1, 0.15) is 19.7 Å². The average Bonchev–Trinajstić information content (AvgIpc) is 2.65. The van der Waals surface area contributed by atoms with Gasteiger partial charge in [0.25, 0.3) is 0 Å². The molecule has 98 valence electrons. The first-order valence-corrected chi connectivity index (χ1v) is 6.18. The quantitative estimate of drug-likeness (QED) is 0.879. The Morgan fingerprint density at radius 3 is 2.72 bits per heavy atom. The number of fused-ring (bicyclic) bond motifs is 1. The molecule has 0 atom stereocenters. The van der Waals surface area contributed by atoms with Crippen molar-refractivity contribution < 1.29 is 4.74 Å². The summed E-state index contributed by atoms with van der Waals surface area (Å²) in [7, 11) is 3.77. The van der Waals surface area contributed by atoms with Crippen molar-refractivity contribution in [3.8, 4) is 0 Å². The summed E-state index contributed by atoms with van der Waals surface area (Å²) in [5.41, 5.74) is 2.16. The van der Waals surface area contributed by atoms with Gasteiger partial charge in [-0.05, 0) is 26.0 Å². The van der Waals surface area contributed by atoms with Crippen molar-refractivity contribution in [1.29, 1.82) is 0 Å². The van der Waals surface area contributed by atoms with Crippen LogP contribution in [-0.4, -0.2) is 28.8 Å². The van der Waals surface area contributed by atoms with E-state index in [9.17, 15) is 0 Å². The Labute approximate surface area is 108 Å². The molecule has 18 heavy (non-hydrogen) atoms. The Morgan fingerprint density at radius 1 is 1.33 bits per heavy atom. The maximum Gasteiger partial charge on any atom is 0.123 e. The van der Waals surface area contributed by atoms with Gasteiger partial charge in [-0.3, -0.25) is 0 Å². The Hall–Kier alpha value is -1.39. The highest BCUT2D eigenvalue weighted by Gasteiger charge is 2.17. The van der Waals surface area contributed by atoms with E-state index < -0.39 is 0 Å². The standard InChI is InChI=1S/C14H21N3O/c1-14(2,10-18-4)15-9-13-16-11-7-5-6-8-12(11)17(13)3/h5-8,15H,9-10H2,1-4H3. The van der Waals surface area contributed by atoms with Crippen LogP contribution in [0, 0.1) is 0 Å². The van der Waals surface area contributed by atoms with Gasteiger partial charge in [-0.2, -0.15) is 0 Å². The highest BCUT2D eigenvalue weighted by Crippen LogP contribution is 2.14. The Bertz CT molecular complexity index is 531. The van der Waals surface area contributed by atoms with Gasteiger partial charge in [0.1, 0.15) is 5.82 Å². The lowest BCUT2D eigenvalue weighted by molar-refractivity contribution is 0.127. The van der Waals surface area contributed by atoms with Gasteiger partial charge in [0.2, 0.25) is 0 Å². The second-order valence-electron chi connectivity index (χ2n) is 5.25. The van der Waals surface area contributed by atoms with Crippen LogP contribution in [0.5, 0.6) is 0 Å². The first-order chi connectivity index (χ1) is 8.53. The zero-order chi connectivity index (χ0) is 13.2. The zero-order valence-corrected chi connectivity index (χ0v) is 11.5. The van der Waals surface area contributed by atoms with E-state index in [1.165, 1.54) is 5.52 Å². The number of nitrogens with zero attached hydrogens (tertiary/aromatic N) is 2.